The largest absolute Gasteiger partial charge is 0.394 e. The third-order valence-corrected chi connectivity index (χ3v) is 1.11. The average molecular weight is 160 g/mol. The molecule has 1 aromatic rings. The molecule has 6 heteroatoms. The first-order valence-electron chi connectivity index (χ1n) is 2.48. The van der Waals surface area contributed by atoms with Crippen LogP contribution in [0.15, 0.2) is 6.20 Å². The molecular weight excluding hydrogens is 154 g/mol. The van der Waals surface area contributed by atoms with Crippen molar-refractivity contribution >= 4 is 23.1 Å². The smallest absolute Gasteiger partial charge is 0.224 e. The summed E-state index contributed by atoms with van der Waals surface area (Å²) in [6.45, 7) is 0. The lowest BCUT2D eigenvalue weighted by Crippen LogP contribution is -2.11. The molecule has 1 heterocycles. The summed E-state index contributed by atoms with van der Waals surface area (Å²) < 4.78 is 0. The molecule has 0 aliphatic heterocycles. The van der Waals surface area contributed by atoms with E-state index >= 15 is 0 Å². The van der Waals surface area contributed by atoms with E-state index < -0.39 is 0 Å². The molecule has 0 saturated heterocycles. The van der Waals surface area contributed by atoms with E-state index in [1.807, 2.05) is 0 Å². The van der Waals surface area contributed by atoms with Gasteiger partial charge in [-0.3, -0.25) is 0 Å². The van der Waals surface area contributed by atoms with Gasteiger partial charge in [-0.25, -0.2) is 10.8 Å². The average Bonchev–Trinajstić information content (AvgIpc) is 1.94. The zero-order valence-corrected chi connectivity index (χ0v) is 5.76. The van der Waals surface area contributed by atoms with Crippen molar-refractivity contribution in [3.05, 3.63) is 11.5 Å². The minimum atomic E-state index is 0.113. The Labute approximate surface area is 62.4 Å². The Hall–Kier alpha value is -1.07. The van der Waals surface area contributed by atoms with Gasteiger partial charge in [0, 0.05) is 0 Å². The van der Waals surface area contributed by atoms with Crippen LogP contribution in [0.4, 0.5) is 11.5 Å². The lowest BCUT2D eigenvalue weighted by molar-refractivity contribution is 1.14. The number of hydrazine groups is 1. The Balaban J connectivity index is 3.09. The normalized spacial score (nSPS) is 9.40. The minimum Gasteiger partial charge on any atom is -0.394 e. The van der Waals surface area contributed by atoms with Gasteiger partial charge < -0.3 is 11.2 Å². The van der Waals surface area contributed by atoms with Crippen LogP contribution >= 0.6 is 11.6 Å². The second-order valence-electron chi connectivity index (χ2n) is 1.59. The number of hydrogen-bond acceptors (Lipinski definition) is 5. The zero-order valence-electron chi connectivity index (χ0n) is 5.00. The van der Waals surface area contributed by atoms with Gasteiger partial charge in [0.25, 0.3) is 0 Å². The first-order chi connectivity index (χ1) is 4.74. The summed E-state index contributed by atoms with van der Waals surface area (Å²) in [5.74, 6) is 5.37. The van der Waals surface area contributed by atoms with Crippen molar-refractivity contribution in [3.8, 4) is 0 Å². The summed E-state index contributed by atoms with van der Waals surface area (Å²) in [7, 11) is 0. The van der Waals surface area contributed by atoms with Crippen molar-refractivity contribution in [3.63, 3.8) is 0 Å². The van der Waals surface area contributed by atoms with Gasteiger partial charge in [0.1, 0.15) is 0 Å². The zero-order chi connectivity index (χ0) is 7.56. The Morgan fingerprint density at radius 1 is 1.60 bits per heavy atom. The highest BCUT2D eigenvalue weighted by Crippen LogP contribution is 2.13. The van der Waals surface area contributed by atoms with Crippen molar-refractivity contribution in [2.45, 2.75) is 0 Å². The summed E-state index contributed by atoms with van der Waals surface area (Å²) in [5, 5.41) is 0.113. The van der Waals surface area contributed by atoms with Gasteiger partial charge in [-0.05, 0) is 11.6 Å². The number of rotatable bonds is 1. The van der Waals surface area contributed by atoms with E-state index in [4.69, 9.17) is 23.2 Å². The number of nitrogen functional groups attached to an aromatic ring is 2. The topological polar surface area (TPSA) is 89.8 Å². The van der Waals surface area contributed by atoms with Crippen LogP contribution in [0, 0.1) is 0 Å². The van der Waals surface area contributed by atoms with E-state index in [9.17, 15) is 0 Å². The predicted molar refractivity (Wildman–Crippen MR) is 39.3 cm³/mol. The van der Waals surface area contributed by atoms with Crippen LogP contribution in [0.5, 0.6) is 0 Å². The SMILES string of the molecule is NNc1nc(Cl)ncc1N. The fraction of sp³-hybridized carbons (Fsp3) is 0. The van der Waals surface area contributed by atoms with Crippen molar-refractivity contribution in [2.24, 2.45) is 5.84 Å². The molecule has 0 atom stereocenters. The van der Waals surface area contributed by atoms with Gasteiger partial charge >= 0.3 is 0 Å². The van der Waals surface area contributed by atoms with Gasteiger partial charge in [0.05, 0.1) is 11.9 Å². The molecule has 0 spiro atoms. The molecule has 0 amide bonds. The number of nitrogens with two attached hydrogens (primary N) is 2. The highest BCUT2D eigenvalue weighted by atomic mass is 35.5. The van der Waals surface area contributed by atoms with Crippen molar-refractivity contribution < 1.29 is 0 Å². The maximum atomic E-state index is 5.42. The highest BCUT2D eigenvalue weighted by molar-refractivity contribution is 6.28. The quantitative estimate of drug-likeness (QED) is 0.305. The molecule has 0 fully saturated rings. The molecule has 5 nitrogen and oxygen atoms in total. The number of halogens is 1. The summed E-state index contributed by atoms with van der Waals surface area (Å²) >= 11 is 5.42. The van der Waals surface area contributed by atoms with Crippen LogP contribution in [-0.4, -0.2) is 9.97 Å². The summed E-state index contributed by atoms with van der Waals surface area (Å²) in [6.07, 6.45) is 1.38. The van der Waals surface area contributed by atoms with Gasteiger partial charge in [0.15, 0.2) is 5.82 Å². The number of hydrogen-bond donors (Lipinski definition) is 3. The van der Waals surface area contributed by atoms with Crippen LogP contribution in [0.3, 0.4) is 0 Å². The molecule has 0 saturated carbocycles. The third-order valence-electron chi connectivity index (χ3n) is 0.924. The molecule has 10 heavy (non-hydrogen) atoms. The lowest BCUT2D eigenvalue weighted by Gasteiger charge is -2.00. The fourth-order valence-electron chi connectivity index (χ4n) is 0.485. The first-order valence-corrected chi connectivity index (χ1v) is 2.86. The third kappa shape index (κ3) is 1.26. The summed E-state index contributed by atoms with van der Waals surface area (Å²) in [4.78, 5) is 7.31. The van der Waals surface area contributed by atoms with Crippen molar-refractivity contribution in [1.29, 1.82) is 0 Å². The molecule has 0 aliphatic carbocycles. The molecule has 0 aliphatic rings. The Morgan fingerprint density at radius 2 is 2.30 bits per heavy atom. The van der Waals surface area contributed by atoms with Gasteiger partial charge in [-0.15, -0.1) is 0 Å². The van der Waals surface area contributed by atoms with Gasteiger partial charge in [-0.1, -0.05) is 0 Å². The molecule has 54 valence electrons. The number of nitrogens with zero attached hydrogens (tertiary/aromatic N) is 2. The maximum absolute atomic E-state index is 5.42. The highest BCUT2D eigenvalue weighted by Gasteiger charge is 1.98. The second kappa shape index (κ2) is 2.68. The second-order valence-corrected chi connectivity index (χ2v) is 1.93. The fourth-order valence-corrected chi connectivity index (χ4v) is 0.619. The van der Waals surface area contributed by atoms with Crippen molar-refractivity contribution in [2.75, 3.05) is 11.2 Å². The van der Waals surface area contributed by atoms with E-state index in [0.717, 1.165) is 0 Å². The van der Waals surface area contributed by atoms with Gasteiger partial charge in [-0.2, -0.15) is 4.98 Å². The summed E-state index contributed by atoms with van der Waals surface area (Å²) in [6, 6.07) is 0. The monoisotopic (exact) mass is 159 g/mol. The number of nitrogens with one attached hydrogen (secondary N) is 1. The van der Waals surface area contributed by atoms with E-state index in [-0.39, 0.29) is 5.28 Å². The number of aromatic nitrogens is 2. The van der Waals surface area contributed by atoms with E-state index in [2.05, 4.69) is 15.4 Å². The molecule has 1 aromatic heterocycles. The van der Waals surface area contributed by atoms with Crippen LogP contribution in [-0.2, 0) is 0 Å². The minimum absolute atomic E-state index is 0.113. The van der Waals surface area contributed by atoms with E-state index in [1.165, 1.54) is 6.20 Å². The van der Waals surface area contributed by atoms with Crippen LogP contribution in [0.1, 0.15) is 0 Å². The predicted octanol–water partition coefficient (Wildman–Crippen LogP) is -0.00220. The van der Waals surface area contributed by atoms with E-state index in [1.54, 1.807) is 0 Å². The standard InChI is InChI=1S/C4H6ClN5/c5-4-8-1-2(6)3(9-4)10-7/h1H,6-7H2,(H,8,9,10). The van der Waals surface area contributed by atoms with Crippen molar-refractivity contribution in [1.82, 2.24) is 9.97 Å². The molecule has 0 unspecified atom stereocenters. The van der Waals surface area contributed by atoms with Crippen LogP contribution in [0.25, 0.3) is 0 Å². The molecule has 5 N–H and O–H groups in total. The Bertz CT molecular complexity index is 237. The molecule has 0 bridgehead atoms. The molecule has 0 radical (unpaired) electrons. The van der Waals surface area contributed by atoms with Crippen LogP contribution < -0.4 is 17.0 Å². The molecule has 0 aromatic carbocycles. The molecular formula is C4H6ClN5. The lowest BCUT2D eigenvalue weighted by atomic mass is 10.5. The maximum Gasteiger partial charge on any atom is 0.224 e. The summed E-state index contributed by atoms with van der Waals surface area (Å²) in [5.41, 5.74) is 8.02. The molecule has 1 rings (SSSR count). The van der Waals surface area contributed by atoms with Gasteiger partial charge in [0.2, 0.25) is 5.28 Å². The Kier molecular flexibility index (Phi) is 1.88. The first kappa shape index (κ1) is 7.04. The Morgan fingerprint density at radius 3 is 2.80 bits per heavy atom. The number of anilines is 2. The van der Waals surface area contributed by atoms with Crippen LogP contribution in [0.2, 0.25) is 5.28 Å². The van der Waals surface area contributed by atoms with E-state index in [0.29, 0.717) is 11.5 Å².